The van der Waals surface area contributed by atoms with Crippen molar-refractivity contribution in [1.29, 1.82) is 0 Å². The summed E-state index contributed by atoms with van der Waals surface area (Å²) in [5.74, 6) is -1.65. The molecule has 1 rings (SSSR count). The SMILES string of the molecule is CNC(=O)CCC(C=O)NC(=O)c1cc(C)cc(C(=O)NC(C=O)CCC(=O)NC)c1. The summed E-state index contributed by atoms with van der Waals surface area (Å²) in [5, 5.41) is 9.93. The van der Waals surface area contributed by atoms with E-state index >= 15 is 0 Å². The van der Waals surface area contributed by atoms with Gasteiger partial charge in [0.15, 0.2) is 0 Å². The van der Waals surface area contributed by atoms with Gasteiger partial charge in [0.25, 0.3) is 11.8 Å². The van der Waals surface area contributed by atoms with E-state index in [0.717, 1.165) is 0 Å². The first-order valence-electron chi connectivity index (χ1n) is 9.79. The van der Waals surface area contributed by atoms with Gasteiger partial charge < -0.3 is 30.9 Å². The number of amides is 4. The third-order valence-electron chi connectivity index (χ3n) is 4.49. The second kappa shape index (κ2) is 12.9. The Bertz CT molecular complexity index is 775. The third kappa shape index (κ3) is 8.77. The molecular weight excluding hydrogens is 404 g/mol. The summed E-state index contributed by atoms with van der Waals surface area (Å²) in [4.78, 5) is 70.2. The Balaban J connectivity index is 2.86. The maximum absolute atomic E-state index is 12.5. The number of aryl methyl sites for hydroxylation is 1. The van der Waals surface area contributed by atoms with Gasteiger partial charge in [-0.2, -0.15) is 0 Å². The first-order chi connectivity index (χ1) is 14.7. The second-order valence-corrected chi connectivity index (χ2v) is 6.94. The monoisotopic (exact) mass is 432 g/mol. The van der Waals surface area contributed by atoms with Crippen molar-refractivity contribution in [2.75, 3.05) is 14.1 Å². The highest BCUT2D eigenvalue weighted by atomic mass is 16.2. The zero-order valence-corrected chi connectivity index (χ0v) is 17.8. The van der Waals surface area contributed by atoms with E-state index < -0.39 is 23.9 Å². The van der Waals surface area contributed by atoms with Gasteiger partial charge in [0.05, 0.1) is 12.1 Å². The Labute approximate surface area is 180 Å². The van der Waals surface area contributed by atoms with Crippen molar-refractivity contribution in [1.82, 2.24) is 21.3 Å². The van der Waals surface area contributed by atoms with Crippen LogP contribution in [0.15, 0.2) is 18.2 Å². The van der Waals surface area contributed by atoms with Crippen LogP contribution in [0.1, 0.15) is 52.0 Å². The van der Waals surface area contributed by atoms with Crippen LogP contribution in [-0.4, -0.2) is 62.4 Å². The molecule has 0 aliphatic heterocycles. The molecule has 1 aromatic rings. The van der Waals surface area contributed by atoms with Crippen LogP contribution in [0.2, 0.25) is 0 Å². The van der Waals surface area contributed by atoms with Crippen LogP contribution in [0.25, 0.3) is 0 Å². The highest BCUT2D eigenvalue weighted by Gasteiger charge is 2.18. The molecule has 168 valence electrons. The normalized spacial score (nSPS) is 12.1. The van der Waals surface area contributed by atoms with Crippen LogP contribution >= 0.6 is 0 Å². The summed E-state index contributed by atoms with van der Waals surface area (Å²) in [5.41, 5.74) is 0.939. The molecule has 0 aromatic heterocycles. The maximum Gasteiger partial charge on any atom is 0.251 e. The Morgan fingerprint density at radius 3 is 1.48 bits per heavy atom. The number of hydrogen-bond acceptors (Lipinski definition) is 6. The Morgan fingerprint density at radius 1 is 0.774 bits per heavy atom. The Hall–Kier alpha value is -3.56. The van der Waals surface area contributed by atoms with Gasteiger partial charge in [0.2, 0.25) is 11.8 Å². The lowest BCUT2D eigenvalue weighted by Gasteiger charge is -2.15. The lowest BCUT2D eigenvalue weighted by atomic mass is 10.0. The molecule has 0 heterocycles. The van der Waals surface area contributed by atoms with Crippen molar-refractivity contribution < 1.29 is 28.8 Å². The van der Waals surface area contributed by atoms with E-state index in [2.05, 4.69) is 21.3 Å². The Morgan fingerprint density at radius 2 is 1.16 bits per heavy atom. The fourth-order valence-electron chi connectivity index (χ4n) is 2.72. The maximum atomic E-state index is 12.5. The van der Waals surface area contributed by atoms with Crippen LogP contribution < -0.4 is 21.3 Å². The first kappa shape index (κ1) is 25.5. The van der Waals surface area contributed by atoms with Crippen molar-refractivity contribution in [2.24, 2.45) is 0 Å². The number of aldehydes is 2. The summed E-state index contributed by atoms with van der Waals surface area (Å²) < 4.78 is 0. The summed E-state index contributed by atoms with van der Waals surface area (Å²) in [6.45, 7) is 1.69. The number of carbonyl (C=O) groups excluding carboxylic acids is 6. The van der Waals surface area contributed by atoms with Crippen molar-refractivity contribution in [3.05, 3.63) is 34.9 Å². The van der Waals surface area contributed by atoms with E-state index in [9.17, 15) is 28.8 Å². The van der Waals surface area contributed by atoms with Gasteiger partial charge in [0, 0.05) is 38.1 Å². The average molecular weight is 432 g/mol. The van der Waals surface area contributed by atoms with Crippen LogP contribution in [0, 0.1) is 6.92 Å². The fraction of sp³-hybridized carbons (Fsp3) is 0.429. The van der Waals surface area contributed by atoms with Crippen molar-refractivity contribution in [3.8, 4) is 0 Å². The number of benzene rings is 1. The third-order valence-corrected chi connectivity index (χ3v) is 4.49. The molecule has 0 saturated heterocycles. The minimum atomic E-state index is -0.855. The molecule has 0 bridgehead atoms. The molecule has 0 spiro atoms. The van der Waals surface area contributed by atoms with E-state index in [1.807, 2.05) is 0 Å². The number of carbonyl (C=O) groups is 6. The van der Waals surface area contributed by atoms with E-state index in [1.54, 1.807) is 19.1 Å². The Kier molecular flexibility index (Phi) is 10.6. The molecule has 10 nitrogen and oxygen atoms in total. The van der Waals surface area contributed by atoms with Crippen LogP contribution in [0.5, 0.6) is 0 Å². The molecule has 31 heavy (non-hydrogen) atoms. The molecule has 4 N–H and O–H groups in total. The average Bonchev–Trinajstić information content (AvgIpc) is 2.77. The molecule has 0 saturated carbocycles. The first-order valence-corrected chi connectivity index (χ1v) is 9.79. The number of hydrogen-bond donors (Lipinski definition) is 4. The van der Waals surface area contributed by atoms with E-state index in [0.29, 0.717) is 18.1 Å². The zero-order valence-electron chi connectivity index (χ0n) is 17.8. The van der Waals surface area contributed by atoms with E-state index in [-0.39, 0.29) is 48.6 Å². The molecule has 10 heteroatoms. The topological polar surface area (TPSA) is 151 Å². The molecule has 2 atom stereocenters. The van der Waals surface area contributed by atoms with Crippen molar-refractivity contribution >= 4 is 36.2 Å². The van der Waals surface area contributed by atoms with Gasteiger partial charge in [-0.15, -0.1) is 0 Å². The minimum Gasteiger partial charge on any atom is -0.359 e. The quantitative estimate of drug-likeness (QED) is 0.331. The molecule has 0 radical (unpaired) electrons. The van der Waals surface area contributed by atoms with E-state index in [1.165, 1.54) is 20.2 Å². The number of rotatable bonds is 12. The molecule has 0 aliphatic carbocycles. The number of nitrogens with one attached hydrogen (secondary N) is 4. The van der Waals surface area contributed by atoms with Gasteiger partial charge in [-0.05, 0) is 43.5 Å². The largest absolute Gasteiger partial charge is 0.359 e. The summed E-state index contributed by atoms with van der Waals surface area (Å²) in [6.07, 6.45) is 1.52. The van der Waals surface area contributed by atoms with Crippen LogP contribution in [0.3, 0.4) is 0 Å². The molecule has 1 aromatic carbocycles. The van der Waals surface area contributed by atoms with Gasteiger partial charge >= 0.3 is 0 Å². The highest BCUT2D eigenvalue weighted by molar-refractivity contribution is 6.01. The molecular formula is C21H28N4O6. The van der Waals surface area contributed by atoms with Gasteiger partial charge in [0.1, 0.15) is 12.6 Å². The molecule has 0 fully saturated rings. The zero-order chi connectivity index (χ0) is 23.4. The molecule has 2 unspecified atom stereocenters. The van der Waals surface area contributed by atoms with E-state index in [4.69, 9.17) is 0 Å². The van der Waals surface area contributed by atoms with Crippen molar-refractivity contribution in [2.45, 2.75) is 44.7 Å². The lowest BCUT2D eigenvalue weighted by Crippen LogP contribution is -2.38. The van der Waals surface area contributed by atoms with Crippen LogP contribution in [-0.2, 0) is 19.2 Å². The lowest BCUT2D eigenvalue weighted by molar-refractivity contribution is -0.121. The van der Waals surface area contributed by atoms with Gasteiger partial charge in [-0.1, -0.05) is 0 Å². The highest BCUT2D eigenvalue weighted by Crippen LogP contribution is 2.11. The summed E-state index contributed by atoms with van der Waals surface area (Å²) in [6, 6.07) is 2.74. The predicted octanol–water partition coefficient (Wildman–Crippen LogP) is -0.358. The van der Waals surface area contributed by atoms with Gasteiger partial charge in [-0.25, -0.2) is 0 Å². The van der Waals surface area contributed by atoms with Gasteiger partial charge in [-0.3, -0.25) is 19.2 Å². The second-order valence-electron chi connectivity index (χ2n) is 6.94. The smallest absolute Gasteiger partial charge is 0.251 e. The van der Waals surface area contributed by atoms with Crippen LogP contribution in [0.4, 0.5) is 0 Å². The standard InChI is InChI=1S/C21H28N4O6/c1-13-8-14(20(30)24-16(11-26)4-6-18(28)22-2)10-15(9-13)21(31)25-17(12-27)5-7-19(29)23-3/h8-12,16-17H,4-7H2,1-3H3,(H,22,28)(H,23,29)(H,24,30)(H,25,31). The predicted molar refractivity (Wildman–Crippen MR) is 112 cm³/mol. The molecule has 4 amide bonds. The molecule has 0 aliphatic rings. The fourth-order valence-corrected chi connectivity index (χ4v) is 2.72. The van der Waals surface area contributed by atoms with Crippen molar-refractivity contribution in [3.63, 3.8) is 0 Å². The summed E-state index contributed by atoms with van der Waals surface area (Å²) >= 11 is 0. The minimum absolute atomic E-state index is 0.0742. The summed E-state index contributed by atoms with van der Waals surface area (Å²) in [7, 11) is 2.95.